The van der Waals surface area contributed by atoms with Crippen molar-refractivity contribution >= 4 is 11.7 Å². The number of hydrogen-bond acceptors (Lipinski definition) is 2. The number of benzene rings is 2. The molecule has 0 heterocycles. The van der Waals surface area contributed by atoms with Gasteiger partial charge >= 0.3 is 6.03 Å². The summed E-state index contributed by atoms with van der Waals surface area (Å²) in [6.45, 7) is 3.57. The zero-order chi connectivity index (χ0) is 17.0. The van der Waals surface area contributed by atoms with E-state index in [0.29, 0.717) is 5.69 Å². The molecule has 3 N–H and O–H groups in total. The van der Waals surface area contributed by atoms with Crippen molar-refractivity contribution in [1.29, 1.82) is 0 Å². The van der Waals surface area contributed by atoms with E-state index in [9.17, 15) is 18.7 Å². The zero-order valence-electron chi connectivity index (χ0n) is 12.9. The summed E-state index contributed by atoms with van der Waals surface area (Å²) >= 11 is 0. The first-order chi connectivity index (χ1) is 10.9. The molecule has 2 aromatic rings. The highest BCUT2D eigenvalue weighted by Gasteiger charge is 2.18. The second-order valence-electron chi connectivity index (χ2n) is 5.29. The summed E-state index contributed by atoms with van der Waals surface area (Å²) in [5, 5.41) is 14.8. The molecule has 1 atom stereocenters. The van der Waals surface area contributed by atoms with Gasteiger partial charge in [0, 0.05) is 12.2 Å². The van der Waals surface area contributed by atoms with Crippen LogP contribution in [-0.4, -0.2) is 17.7 Å². The van der Waals surface area contributed by atoms with Crippen LogP contribution < -0.4 is 10.6 Å². The second kappa shape index (κ2) is 7.19. The predicted octanol–water partition coefficient (Wildman–Crippen LogP) is 3.44. The van der Waals surface area contributed by atoms with Gasteiger partial charge in [-0.3, -0.25) is 0 Å². The maximum Gasteiger partial charge on any atom is 0.319 e. The highest BCUT2D eigenvalue weighted by Crippen LogP contribution is 2.20. The first-order valence-electron chi connectivity index (χ1n) is 7.12. The van der Waals surface area contributed by atoms with Crippen molar-refractivity contribution in [3.63, 3.8) is 0 Å². The number of aliphatic hydroxyl groups excluding tert-OH is 1. The molecule has 4 nitrogen and oxygen atoms in total. The lowest BCUT2D eigenvalue weighted by molar-refractivity contribution is 0.166. The SMILES string of the molecule is Cc1ccc(NC(=O)NCC(O)c2c(F)cccc2F)cc1C. The van der Waals surface area contributed by atoms with Crippen LogP contribution in [0.15, 0.2) is 36.4 Å². The Labute approximate surface area is 133 Å². The Bertz CT molecular complexity index is 699. The van der Waals surface area contributed by atoms with Gasteiger partial charge < -0.3 is 15.7 Å². The third-order valence-corrected chi connectivity index (χ3v) is 3.55. The van der Waals surface area contributed by atoms with Gasteiger partial charge in [-0.05, 0) is 49.2 Å². The van der Waals surface area contributed by atoms with Crippen LogP contribution in [0.4, 0.5) is 19.3 Å². The number of carbonyl (C=O) groups is 1. The van der Waals surface area contributed by atoms with Gasteiger partial charge in [0.1, 0.15) is 17.7 Å². The summed E-state index contributed by atoms with van der Waals surface area (Å²) in [6.07, 6.45) is -1.47. The molecule has 0 aliphatic rings. The maximum atomic E-state index is 13.5. The molecular formula is C17H18F2N2O2. The molecule has 1 unspecified atom stereocenters. The molecular weight excluding hydrogens is 302 g/mol. The fourth-order valence-corrected chi connectivity index (χ4v) is 2.11. The Morgan fingerprint density at radius 3 is 2.39 bits per heavy atom. The molecule has 6 heteroatoms. The molecule has 0 saturated carbocycles. The minimum absolute atomic E-state index is 0.311. The Morgan fingerprint density at radius 1 is 1.13 bits per heavy atom. The number of hydrogen-bond donors (Lipinski definition) is 3. The average Bonchev–Trinajstić information content (AvgIpc) is 2.49. The summed E-state index contributed by atoms with van der Waals surface area (Å²) < 4.78 is 27.1. The van der Waals surface area contributed by atoms with Crippen molar-refractivity contribution in [1.82, 2.24) is 5.32 Å². The number of nitrogens with one attached hydrogen (secondary N) is 2. The maximum absolute atomic E-state index is 13.5. The predicted molar refractivity (Wildman–Crippen MR) is 84.3 cm³/mol. The average molecular weight is 320 g/mol. The van der Waals surface area contributed by atoms with Gasteiger partial charge in [0.05, 0.1) is 5.56 Å². The van der Waals surface area contributed by atoms with Crippen molar-refractivity contribution in [3.05, 3.63) is 64.7 Å². The van der Waals surface area contributed by atoms with Gasteiger partial charge in [0.15, 0.2) is 0 Å². The molecule has 0 saturated heterocycles. The third-order valence-electron chi connectivity index (χ3n) is 3.55. The molecule has 122 valence electrons. The van der Waals surface area contributed by atoms with Crippen molar-refractivity contribution in [2.75, 3.05) is 11.9 Å². The quantitative estimate of drug-likeness (QED) is 0.808. The van der Waals surface area contributed by atoms with Gasteiger partial charge in [-0.25, -0.2) is 13.6 Å². The first-order valence-corrected chi connectivity index (χ1v) is 7.12. The highest BCUT2D eigenvalue weighted by molar-refractivity contribution is 5.89. The molecule has 2 aromatic carbocycles. The van der Waals surface area contributed by atoms with Gasteiger partial charge in [-0.1, -0.05) is 12.1 Å². The van der Waals surface area contributed by atoms with Crippen LogP contribution in [0.1, 0.15) is 22.8 Å². The molecule has 2 amide bonds. The highest BCUT2D eigenvalue weighted by atomic mass is 19.1. The van der Waals surface area contributed by atoms with Crippen LogP contribution in [0.2, 0.25) is 0 Å². The Morgan fingerprint density at radius 2 is 1.78 bits per heavy atom. The Kier molecular flexibility index (Phi) is 5.28. The molecule has 0 aromatic heterocycles. The monoisotopic (exact) mass is 320 g/mol. The van der Waals surface area contributed by atoms with Crippen molar-refractivity contribution in [3.8, 4) is 0 Å². The summed E-state index contributed by atoms with van der Waals surface area (Å²) in [5.74, 6) is -1.71. The summed E-state index contributed by atoms with van der Waals surface area (Å²) in [6, 6.07) is 8.17. The number of carbonyl (C=O) groups excluding carboxylic acids is 1. The Hall–Kier alpha value is -2.47. The smallest absolute Gasteiger partial charge is 0.319 e. The van der Waals surface area contributed by atoms with Crippen molar-refractivity contribution in [2.45, 2.75) is 20.0 Å². The summed E-state index contributed by atoms with van der Waals surface area (Å²) in [4.78, 5) is 11.8. The van der Waals surface area contributed by atoms with E-state index >= 15 is 0 Å². The summed E-state index contributed by atoms with van der Waals surface area (Å²) in [5.41, 5.74) is 2.26. The molecule has 0 fully saturated rings. The van der Waals surface area contributed by atoms with E-state index in [1.54, 1.807) is 6.07 Å². The van der Waals surface area contributed by atoms with Crippen LogP contribution in [0.3, 0.4) is 0 Å². The number of amides is 2. The summed E-state index contributed by atoms with van der Waals surface area (Å²) in [7, 11) is 0. The van der Waals surface area contributed by atoms with Crippen LogP contribution in [0.5, 0.6) is 0 Å². The minimum atomic E-state index is -1.47. The topological polar surface area (TPSA) is 61.4 Å². The normalized spacial score (nSPS) is 11.9. The number of urea groups is 1. The fourth-order valence-electron chi connectivity index (χ4n) is 2.11. The van der Waals surface area contributed by atoms with E-state index in [2.05, 4.69) is 10.6 Å². The van der Waals surface area contributed by atoms with E-state index in [-0.39, 0.29) is 6.54 Å². The van der Waals surface area contributed by atoms with Gasteiger partial charge in [0.2, 0.25) is 0 Å². The molecule has 0 aliphatic carbocycles. The molecule has 0 radical (unpaired) electrons. The zero-order valence-corrected chi connectivity index (χ0v) is 12.9. The molecule has 2 rings (SSSR count). The third kappa shape index (κ3) is 4.26. The fraction of sp³-hybridized carbons (Fsp3) is 0.235. The lowest BCUT2D eigenvalue weighted by atomic mass is 10.1. The first kappa shape index (κ1) is 16.9. The number of anilines is 1. The van der Waals surface area contributed by atoms with Crippen molar-refractivity contribution in [2.24, 2.45) is 0 Å². The molecule has 0 bridgehead atoms. The van der Waals surface area contributed by atoms with Crippen LogP contribution in [0.25, 0.3) is 0 Å². The van der Waals surface area contributed by atoms with Crippen LogP contribution in [0, 0.1) is 25.5 Å². The molecule has 0 aliphatic heterocycles. The van der Waals surface area contributed by atoms with E-state index in [4.69, 9.17) is 0 Å². The van der Waals surface area contributed by atoms with E-state index in [1.807, 2.05) is 26.0 Å². The number of aliphatic hydroxyl groups is 1. The number of rotatable bonds is 4. The van der Waals surface area contributed by atoms with Crippen LogP contribution >= 0.6 is 0 Å². The number of aryl methyl sites for hydroxylation is 2. The van der Waals surface area contributed by atoms with Gasteiger partial charge in [0.25, 0.3) is 0 Å². The van der Waals surface area contributed by atoms with E-state index in [1.165, 1.54) is 6.07 Å². The second-order valence-corrected chi connectivity index (χ2v) is 5.29. The van der Waals surface area contributed by atoms with Crippen molar-refractivity contribution < 1.29 is 18.7 Å². The molecule has 0 spiro atoms. The van der Waals surface area contributed by atoms with E-state index in [0.717, 1.165) is 23.3 Å². The largest absolute Gasteiger partial charge is 0.386 e. The lowest BCUT2D eigenvalue weighted by Crippen LogP contribution is -2.32. The van der Waals surface area contributed by atoms with Gasteiger partial charge in [-0.15, -0.1) is 0 Å². The minimum Gasteiger partial charge on any atom is -0.386 e. The molecule has 23 heavy (non-hydrogen) atoms. The lowest BCUT2D eigenvalue weighted by Gasteiger charge is -2.14. The number of halogens is 2. The van der Waals surface area contributed by atoms with E-state index < -0.39 is 29.3 Å². The standard InChI is InChI=1S/C17H18F2N2O2/c1-10-6-7-12(8-11(10)2)21-17(23)20-9-15(22)16-13(18)4-3-5-14(16)19/h3-8,15,22H,9H2,1-2H3,(H2,20,21,23). The Balaban J connectivity index is 1.95. The van der Waals surface area contributed by atoms with Gasteiger partial charge in [-0.2, -0.15) is 0 Å². The van der Waals surface area contributed by atoms with Crippen LogP contribution in [-0.2, 0) is 0 Å².